The molecule has 0 radical (unpaired) electrons. The number of esters is 1. The molecule has 0 saturated carbocycles. The fourth-order valence-electron chi connectivity index (χ4n) is 3.23. The van der Waals surface area contributed by atoms with Gasteiger partial charge in [0.1, 0.15) is 11.5 Å². The van der Waals surface area contributed by atoms with E-state index in [1.807, 2.05) is 0 Å². The number of carbonyl (C=O) groups excluding carboxylic acids is 1. The van der Waals surface area contributed by atoms with Crippen molar-refractivity contribution in [3.63, 3.8) is 0 Å². The summed E-state index contributed by atoms with van der Waals surface area (Å²) in [6, 6.07) is 5.65. The molecule has 1 aromatic heterocycles. The van der Waals surface area contributed by atoms with E-state index in [0.717, 1.165) is 5.01 Å². The number of alkyl halides is 3. The van der Waals surface area contributed by atoms with Crippen LogP contribution in [0.5, 0.6) is 0 Å². The van der Waals surface area contributed by atoms with Crippen LogP contribution in [0.25, 0.3) is 0 Å². The molecule has 174 valence electrons. The van der Waals surface area contributed by atoms with Gasteiger partial charge < -0.3 is 21.2 Å². The van der Waals surface area contributed by atoms with Crippen molar-refractivity contribution >= 4 is 23.4 Å². The summed E-state index contributed by atoms with van der Waals surface area (Å²) in [5, 5.41) is 4.76. The quantitative estimate of drug-likeness (QED) is 0.316. The molecule has 0 saturated heterocycles. The molecule has 1 atom stereocenters. The second-order valence-corrected chi connectivity index (χ2v) is 7.20. The Morgan fingerprint density at radius 2 is 1.88 bits per heavy atom. The van der Waals surface area contributed by atoms with E-state index in [0.29, 0.717) is 5.56 Å². The van der Waals surface area contributed by atoms with Gasteiger partial charge in [-0.3, -0.25) is 9.78 Å². The van der Waals surface area contributed by atoms with Crippen LogP contribution in [0.15, 0.2) is 34.2 Å². The van der Waals surface area contributed by atoms with E-state index in [9.17, 15) is 22.8 Å². The topological polar surface area (TPSA) is 140 Å². The van der Waals surface area contributed by atoms with Crippen LogP contribution in [-0.4, -0.2) is 54.0 Å². The molecular weight excluding hydrogens is 429 g/mol. The first kappa shape index (κ1) is 24.7. The maximum Gasteiger partial charge on any atom is 0.431 e. The van der Waals surface area contributed by atoms with Crippen molar-refractivity contribution in [2.75, 3.05) is 32.7 Å². The third kappa shape index (κ3) is 6.22. The van der Waals surface area contributed by atoms with Crippen LogP contribution < -0.4 is 17.0 Å². The van der Waals surface area contributed by atoms with Crippen molar-refractivity contribution in [1.29, 1.82) is 0 Å². The maximum atomic E-state index is 13.9. The number of nitrogens with zero attached hydrogens (tertiary/aromatic N) is 3. The first-order valence-electron chi connectivity index (χ1n) is 9.59. The van der Waals surface area contributed by atoms with Crippen LogP contribution in [0.3, 0.4) is 0 Å². The van der Waals surface area contributed by atoms with Gasteiger partial charge in [0.25, 0.3) is 5.56 Å². The molecule has 0 fully saturated rings. The van der Waals surface area contributed by atoms with Crippen molar-refractivity contribution < 1.29 is 22.7 Å². The smallest absolute Gasteiger partial charge is 0.431 e. The van der Waals surface area contributed by atoms with Gasteiger partial charge in [0, 0.05) is 20.0 Å². The van der Waals surface area contributed by atoms with Crippen LogP contribution in [-0.2, 0) is 11.2 Å². The van der Waals surface area contributed by atoms with E-state index in [2.05, 4.69) is 19.8 Å². The van der Waals surface area contributed by atoms with Crippen molar-refractivity contribution in [3.8, 4) is 0 Å². The number of hydrogen-bond donors (Lipinski definition) is 3. The van der Waals surface area contributed by atoms with E-state index in [1.165, 1.54) is 45.5 Å². The van der Waals surface area contributed by atoms with Gasteiger partial charge in [0.05, 0.1) is 18.2 Å². The number of aromatic nitrogens is 2. The molecule has 1 unspecified atom stereocenters. The minimum atomic E-state index is -4.70. The largest absolute Gasteiger partial charge is 0.465 e. The number of methoxy groups -OCH3 is 1. The fraction of sp³-hybridized carbons (Fsp3) is 0.400. The number of benzene rings is 1. The minimum Gasteiger partial charge on any atom is -0.465 e. The lowest BCUT2D eigenvalue weighted by Gasteiger charge is -2.23. The number of carbonyl (C=O) groups is 1. The molecule has 9 nitrogen and oxygen atoms in total. The Labute approximate surface area is 182 Å². The van der Waals surface area contributed by atoms with E-state index in [1.54, 1.807) is 0 Å². The highest BCUT2D eigenvalue weighted by molar-refractivity contribution is 5.96. The fourth-order valence-corrected chi connectivity index (χ4v) is 3.23. The molecule has 0 spiro atoms. The summed E-state index contributed by atoms with van der Waals surface area (Å²) in [6.45, 7) is 0. The Bertz CT molecular complexity index is 1030. The van der Waals surface area contributed by atoms with E-state index >= 15 is 0 Å². The lowest BCUT2D eigenvalue weighted by molar-refractivity contribution is -0.0628. The minimum absolute atomic E-state index is 0.00695. The molecular formula is C20H25F3N6O3. The predicted molar refractivity (Wildman–Crippen MR) is 114 cm³/mol. The Kier molecular flexibility index (Phi) is 7.84. The van der Waals surface area contributed by atoms with Crippen LogP contribution >= 0.6 is 0 Å². The molecule has 2 rings (SSSR count). The Hall–Kier alpha value is -3.57. The molecule has 0 amide bonds. The van der Waals surface area contributed by atoms with Crippen LogP contribution in [0, 0.1) is 0 Å². The Morgan fingerprint density at radius 3 is 2.38 bits per heavy atom. The standard InChI is InChI=1S/C20H25F3N6O3/c1-29(2)28-15(20(21,22)23)13(11-7-9-12(10-8-11)18(31)32-3)5-4-6-14-16(24)26-19(25)27-17(14)30/h7-10,13H,4-6H2,1-3H3,(H5,24,25,26,27,30). The van der Waals surface area contributed by atoms with Crippen LogP contribution in [0.4, 0.5) is 24.9 Å². The lowest BCUT2D eigenvalue weighted by atomic mass is 9.87. The molecule has 0 bridgehead atoms. The first-order valence-corrected chi connectivity index (χ1v) is 9.59. The van der Waals surface area contributed by atoms with Gasteiger partial charge >= 0.3 is 12.1 Å². The summed E-state index contributed by atoms with van der Waals surface area (Å²) < 4.78 is 46.2. The van der Waals surface area contributed by atoms with Crippen molar-refractivity contribution in [2.24, 2.45) is 5.10 Å². The van der Waals surface area contributed by atoms with Gasteiger partial charge in [-0.05, 0) is 37.0 Å². The van der Waals surface area contributed by atoms with E-state index in [4.69, 9.17) is 11.5 Å². The van der Waals surface area contributed by atoms with Gasteiger partial charge in [-0.25, -0.2) is 4.79 Å². The zero-order chi connectivity index (χ0) is 24.1. The zero-order valence-corrected chi connectivity index (χ0v) is 17.9. The van der Waals surface area contributed by atoms with Gasteiger partial charge in [0.2, 0.25) is 5.95 Å². The van der Waals surface area contributed by atoms with Gasteiger partial charge in [-0.2, -0.15) is 23.3 Å². The molecule has 0 aliphatic rings. The third-order valence-corrected chi connectivity index (χ3v) is 4.65. The normalized spacial score (nSPS) is 13.0. The number of H-pyrrole nitrogens is 1. The van der Waals surface area contributed by atoms with E-state index in [-0.39, 0.29) is 42.2 Å². The summed E-state index contributed by atoms with van der Waals surface area (Å²) in [5.41, 5.74) is 10.3. The van der Waals surface area contributed by atoms with Crippen molar-refractivity contribution in [2.45, 2.75) is 31.4 Å². The SMILES string of the molecule is COC(=O)c1ccc(C(CCCc2c(N)nc(N)[nH]c2=O)C(=NN(C)C)C(F)(F)F)cc1. The summed E-state index contributed by atoms with van der Waals surface area (Å²) >= 11 is 0. The molecule has 1 heterocycles. The highest BCUT2D eigenvalue weighted by Gasteiger charge is 2.41. The van der Waals surface area contributed by atoms with Gasteiger partial charge in [-0.15, -0.1) is 0 Å². The lowest BCUT2D eigenvalue weighted by Crippen LogP contribution is -2.32. The molecule has 32 heavy (non-hydrogen) atoms. The average Bonchev–Trinajstić information content (AvgIpc) is 2.70. The van der Waals surface area contributed by atoms with Crippen molar-refractivity contribution in [1.82, 2.24) is 15.0 Å². The molecule has 1 aromatic carbocycles. The second-order valence-electron chi connectivity index (χ2n) is 7.20. The molecule has 0 aliphatic heterocycles. The first-order chi connectivity index (χ1) is 14.9. The van der Waals surface area contributed by atoms with Gasteiger partial charge in [-0.1, -0.05) is 12.1 Å². The van der Waals surface area contributed by atoms with Crippen molar-refractivity contribution in [3.05, 3.63) is 51.3 Å². The Balaban J connectivity index is 2.38. The van der Waals surface area contributed by atoms with Crippen LogP contribution in [0.2, 0.25) is 0 Å². The maximum absolute atomic E-state index is 13.9. The molecule has 5 N–H and O–H groups in total. The average molecular weight is 454 g/mol. The van der Waals surface area contributed by atoms with E-state index < -0.39 is 29.3 Å². The summed E-state index contributed by atoms with van der Waals surface area (Å²) in [7, 11) is 4.00. The number of aromatic amines is 1. The highest BCUT2D eigenvalue weighted by Crippen LogP contribution is 2.33. The molecule has 2 aromatic rings. The molecule has 0 aliphatic carbocycles. The number of rotatable bonds is 8. The van der Waals surface area contributed by atoms with Gasteiger partial charge in [0.15, 0.2) is 0 Å². The predicted octanol–water partition coefficient (Wildman–Crippen LogP) is 2.31. The summed E-state index contributed by atoms with van der Waals surface area (Å²) in [5.74, 6) is -1.96. The van der Waals surface area contributed by atoms with Crippen LogP contribution in [0.1, 0.15) is 40.2 Å². The number of nitrogens with two attached hydrogens (primary N) is 2. The zero-order valence-electron chi connectivity index (χ0n) is 17.9. The number of anilines is 2. The summed E-state index contributed by atoms with van der Waals surface area (Å²) in [4.78, 5) is 29.8. The monoisotopic (exact) mass is 454 g/mol. The third-order valence-electron chi connectivity index (χ3n) is 4.65. The Morgan fingerprint density at radius 1 is 1.25 bits per heavy atom. The number of hydrogen-bond acceptors (Lipinski definition) is 8. The number of halogens is 3. The highest BCUT2D eigenvalue weighted by atomic mass is 19.4. The summed E-state index contributed by atoms with van der Waals surface area (Å²) in [6.07, 6.45) is -4.41. The second kappa shape index (κ2) is 10.2. The number of nitrogen functional groups attached to an aromatic ring is 2. The number of ether oxygens (including phenoxy) is 1. The number of hydrazone groups is 1. The number of nitrogens with one attached hydrogen (secondary N) is 1. The molecule has 12 heteroatoms.